The Bertz CT molecular complexity index is 612. The Morgan fingerprint density at radius 1 is 0.429 bits per heavy atom. The van der Waals surface area contributed by atoms with Crippen LogP contribution < -0.4 is 15.9 Å². The van der Waals surface area contributed by atoms with Crippen molar-refractivity contribution in [2.45, 2.75) is 0 Å². The van der Waals surface area contributed by atoms with Gasteiger partial charge in [0.2, 0.25) is 0 Å². The zero-order valence-electron chi connectivity index (χ0n) is 12.6. The van der Waals surface area contributed by atoms with Gasteiger partial charge in [-0.05, 0) is 0 Å². The molecule has 0 saturated carbocycles. The third-order valence-electron chi connectivity index (χ3n) is 4.59. The summed E-state index contributed by atoms with van der Waals surface area (Å²) >= 11 is 0. The van der Waals surface area contributed by atoms with E-state index in [0.717, 1.165) is 0 Å². The maximum absolute atomic E-state index is 2.45. The van der Waals surface area contributed by atoms with Crippen LogP contribution in [-0.4, -0.2) is 13.3 Å². The monoisotopic (exact) mass is 292 g/mol. The van der Waals surface area contributed by atoms with Crippen molar-refractivity contribution in [1.82, 2.24) is 0 Å². The van der Waals surface area contributed by atoms with Crippen molar-refractivity contribution in [3.63, 3.8) is 0 Å². The molecule has 0 unspecified atom stereocenters. The molecule has 21 heavy (non-hydrogen) atoms. The van der Waals surface area contributed by atoms with Crippen molar-refractivity contribution in [3.05, 3.63) is 91.0 Å². The molecule has 0 N–H and O–H groups in total. The van der Waals surface area contributed by atoms with Gasteiger partial charge >= 0.3 is 127 Å². The predicted molar refractivity (Wildman–Crippen MR) is 97.0 cm³/mol. The first-order valence-corrected chi connectivity index (χ1v) is 10.4. The van der Waals surface area contributed by atoms with E-state index in [2.05, 4.69) is 104 Å². The van der Waals surface area contributed by atoms with Crippen LogP contribution in [0, 0.1) is 0 Å². The Hall–Kier alpha value is -1.91. The molecule has 0 aliphatic rings. The summed E-state index contributed by atoms with van der Waals surface area (Å²) in [6, 6.07) is 32.8. The van der Waals surface area contributed by atoms with Crippen molar-refractivity contribution < 1.29 is 0 Å². The van der Waals surface area contributed by atoms with Crippen molar-refractivity contribution >= 4 is 22.5 Å². The minimum atomic E-state index is -2.37. The molecule has 0 amide bonds. The van der Waals surface area contributed by atoms with Gasteiger partial charge in [0.05, 0.1) is 0 Å². The Morgan fingerprint density at radius 2 is 0.667 bits per heavy atom. The molecule has 0 spiro atoms. The van der Waals surface area contributed by atoms with Gasteiger partial charge in [-0.1, -0.05) is 0 Å². The molecule has 0 atom stereocenters. The molecular formula is C20H21P. The zero-order chi connectivity index (χ0) is 14.8. The van der Waals surface area contributed by atoms with E-state index in [-0.39, 0.29) is 0 Å². The topological polar surface area (TPSA) is 0 Å². The van der Waals surface area contributed by atoms with Gasteiger partial charge in [-0.15, -0.1) is 0 Å². The van der Waals surface area contributed by atoms with Gasteiger partial charge in [-0.25, -0.2) is 0 Å². The molecule has 0 saturated heterocycles. The maximum atomic E-state index is 2.45. The Balaban J connectivity index is 2.36. The average Bonchev–Trinajstić information content (AvgIpc) is 2.57. The molecule has 3 rings (SSSR count). The van der Waals surface area contributed by atoms with Crippen molar-refractivity contribution in [1.29, 1.82) is 0 Å². The molecule has 0 aromatic heterocycles. The summed E-state index contributed by atoms with van der Waals surface area (Å²) in [7, 11) is 0. The summed E-state index contributed by atoms with van der Waals surface area (Å²) in [6.45, 7) is 2.53. The van der Waals surface area contributed by atoms with Gasteiger partial charge in [0, 0.05) is 0 Å². The van der Waals surface area contributed by atoms with E-state index in [1.807, 2.05) is 0 Å². The van der Waals surface area contributed by atoms with Gasteiger partial charge in [0.15, 0.2) is 0 Å². The number of hydrogen-bond acceptors (Lipinski definition) is 0. The average molecular weight is 292 g/mol. The standard InChI is InChI=1S/C20H21P/c1-21(2,18-12-6-3-7-13-18,19-14-8-4-9-15-19)20-16-10-5-11-17-20/h3-17H,1-2H3. The van der Waals surface area contributed by atoms with Crippen LogP contribution >= 0.6 is 6.60 Å². The summed E-state index contributed by atoms with van der Waals surface area (Å²) in [5.41, 5.74) is 0. The molecule has 0 heterocycles. The van der Waals surface area contributed by atoms with Gasteiger partial charge in [-0.3, -0.25) is 0 Å². The normalized spacial score (nSPS) is 13.3. The summed E-state index contributed by atoms with van der Waals surface area (Å²) in [5.74, 6) is 0. The van der Waals surface area contributed by atoms with Crippen molar-refractivity contribution in [3.8, 4) is 0 Å². The van der Waals surface area contributed by atoms with Gasteiger partial charge in [0.25, 0.3) is 0 Å². The minimum absolute atomic E-state index is 1.43. The molecule has 0 radical (unpaired) electrons. The van der Waals surface area contributed by atoms with Gasteiger partial charge in [0.1, 0.15) is 0 Å². The fourth-order valence-corrected chi connectivity index (χ4v) is 7.17. The third kappa shape index (κ3) is 2.20. The molecule has 0 nitrogen and oxygen atoms in total. The van der Waals surface area contributed by atoms with Crippen LogP contribution in [0.5, 0.6) is 0 Å². The van der Waals surface area contributed by atoms with Gasteiger partial charge < -0.3 is 0 Å². The third-order valence-corrected chi connectivity index (χ3v) is 10.1. The van der Waals surface area contributed by atoms with Crippen LogP contribution in [0.3, 0.4) is 0 Å². The van der Waals surface area contributed by atoms with E-state index < -0.39 is 6.60 Å². The number of hydrogen-bond donors (Lipinski definition) is 0. The van der Waals surface area contributed by atoms with Crippen LogP contribution in [0.4, 0.5) is 0 Å². The van der Waals surface area contributed by atoms with Crippen molar-refractivity contribution in [2.24, 2.45) is 0 Å². The zero-order valence-corrected chi connectivity index (χ0v) is 13.5. The summed E-state index contributed by atoms with van der Waals surface area (Å²) in [6.07, 6.45) is 0. The summed E-state index contributed by atoms with van der Waals surface area (Å²) in [5, 5.41) is 4.29. The molecule has 1 heteroatoms. The Labute approximate surface area is 127 Å². The van der Waals surface area contributed by atoms with E-state index in [0.29, 0.717) is 0 Å². The van der Waals surface area contributed by atoms with Gasteiger partial charge in [-0.2, -0.15) is 0 Å². The van der Waals surface area contributed by atoms with Crippen LogP contribution in [0.25, 0.3) is 0 Å². The summed E-state index contributed by atoms with van der Waals surface area (Å²) < 4.78 is 0. The first-order valence-electron chi connectivity index (χ1n) is 7.30. The second-order valence-corrected chi connectivity index (χ2v) is 11.9. The van der Waals surface area contributed by atoms with E-state index in [1.165, 1.54) is 15.9 Å². The molecule has 0 aliphatic carbocycles. The number of rotatable bonds is 3. The molecular weight excluding hydrogens is 271 g/mol. The second kappa shape index (κ2) is 5.13. The molecule has 106 valence electrons. The molecule has 0 fully saturated rings. The van der Waals surface area contributed by atoms with Crippen LogP contribution in [0.2, 0.25) is 0 Å². The molecule has 3 aromatic carbocycles. The van der Waals surface area contributed by atoms with E-state index >= 15 is 0 Å². The SMILES string of the molecule is CP(C)(c1ccccc1)(c1ccccc1)c1ccccc1. The first-order chi connectivity index (χ1) is 10.1. The number of benzene rings is 3. The fourth-order valence-electron chi connectivity index (χ4n) is 3.07. The predicted octanol–water partition coefficient (Wildman–Crippen LogP) is 3.78. The summed E-state index contributed by atoms with van der Waals surface area (Å²) in [4.78, 5) is 0. The Kier molecular flexibility index (Phi) is 3.43. The quantitative estimate of drug-likeness (QED) is 0.645. The first kappa shape index (κ1) is 14.0. The van der Waals surface area contributed by atoms with Crippen LogP contribution in [0.1, 0.15) is 0 Å². The van der Waals surface area contributed by atoms with E-state index in [4.69, 9.17) is 0 Å². The van der Waals surface area contributed by atoms with E-state index in [9.17, 15) is 0 Å². The molecule has 0 bridgehead atoms. The molecule has 0 aliphatic heterocycles. The van der Waals surface area contributed by atoms with Crippen LogP contribution in [0.15, 0.2) is 91.0 Å². The second-order valence-electron chi connectivity index (χ2n) is 6.13. The van der Waals surface area contributed by atoms with Crippen LogP contribution in [-0.2, 0) is 0 Å². The van der Waals surface area contributed by atoms with Crippen molar-refractivity contribution in [2.75, 3.05) is 13.3 Å². The Morgan fingerprint density at radius 3 is 0.905 bits per heavy atom. The van der Waals surface area contributed by atoms with E-state index in [1.54, 1.807) is 0 Å². The fraction of sp³-hybridized carbons (Fsp3) is 0.100. The molecule has 3 aromatic rings.